The quantitative estimate of drug-likeness (QED) is 0.514. The molecule has 2 N–H and O–H groups in total. The summed E-state index contributed by atoms with van der Waals surface area (Å²) in [6.45, 7) is 1.75. The molecule has 0 aromatic rings. The zero-order valence-electron chi connectivity index (χ0n) is 4.72. The normalized spacial score (nSPS) is 10.7. The monoisotopic (exact) mass is 136 g/mol. The number of primary amides is 1. The van der Waals surface area contributed by atoms with Gasteiger partial charge in [-0.3, -0.25) is 4.79 Å². The Morgan fingerprint density at radius 3 is 2.33 bits per heavy atom. The maximum absolute atomic E-state index is 10.2. The standard InChI is InChI=1S/C5H8N2O.Na.H/c1-2-4(3-6)5(7)8;;/h4H,2H2,1H3,(H2,7,8);;. The van der Waals surface area contributed by atoms with Gasteiger partial charge < -0.3 is 5.73 Å². The molecule has 1 unspecified atom stereocenters. The van der Waals surface area contributed by atoms with Crippen molar-refractivity contribution in [1.29, 1.82) is 5.26 Å². The summed E-state index contributed by atoms with van der Waals surface area (Å²) in [6, 6.07) is 1.78. The van der Waals surface area contributed by atoms with E-state index in [2.05, 4.69) is 0 Å². The molecule has 0 saturated carbocycles. The fourth-order valence-corrected chi connectivity index (χ4v) is 0.356. The third-order valence-electron chi connectivity index (χ3n) is 0.908. The number of hydrogen-bond donors (Lipinski definition) is 1. The molecule has 0 bridgehead atoms. The summed E-state index contributed by atoms with van der Waals surface area (Å²) in [6.07, 6.45) is 0.506. The molecular formula is C5H9N2NaO. The molecule has 0 saturated heterocycles. The Bertz CT molecular complexity index is 129. The van der Waals surface area contributed by atoms with Gasteiger partial charge in [-0.2, -0.15) is 5.26 Å². The molecular weight excluding hydrogens is 127 g/mol. The fraction of sp³-hybridized carbons (Fsp3) is 0.600. The van der Waals surface area contributed by atoms with Crippen LogP contribution in [0.4, 0.5) is 0 Å². The Morgan fingerprint density at radius 1 is 1.89 bits per heavy atom. The average Bonchev–Trinajstić information content (AvgIpc) is 1.69. The van der Waals surface area contributed by atoms with Gasteiger partial charge in [-0.05, 0) is 6.42 Å². The van der Waals surface area contributed by atoms with Crippen LogP contribution in [0.25, 0.3) is 0 Å². The molecule has 4 heteroatoms. The molecule has 0 rings (SSSR count). The van der Waals surface area contributed by atoms with E-state index in [0.717, 1.165) is 0 Å². The van der Waals surface area contributed by atoms with Crippen molar-refractivity contribution in [3.05, 3.63) is 0 Å². The van der Waals surface area contributed by atoms with Gasteiger partial charge in [0.1, 0.15) is 5.92 Å². The van der Waals surface area contributed by atoms with Crippen molar-refractivity contribution in [3.8, 4) is 6.07 Å². The summed E-state index contributed by atoms with van der Waals surface area (Å²) in [7, 11) is 0. The van der Waals surface area contributed by atoms with Crippen molar-refractivity contribution >= 4 is 35.5 Å². The summed E-state index contributed by atoms with van der Waals surface area (Å²) in [5.41, 5.74) is 4.80. The van der Waals surface area contributed by atoms with E-state index in [0.29, 0.717) is 6.42 Å². The van der Waals surface area contributed by atoms with Crippen LogP contribution in [0.15, 0.2) is 0 Å². The third kappa shape index (κ3) is 4.46. The summed E-state index contributed by atoms with van der Waals surface area (Å²) < 4.78 is 0. The number of rotatable bonds is 2. The van der Waals surface area contributed by atoms with Gasteiger partial charge >= 0.3 is 29.6 Å². The molecule has 0 fully saturated rings. The molecule has 46 valence electrons. The Kier molecular flexibility index (Phi) is 7.92. The molecule has 0 aliphatic heterocycles. The number of carbonyl (C=O) groups is 1. The average molecular weight is 136 g/mol. The van der Waals surface area contributed by atoms with E-state index in [9.17, 15) is 4.79 Å². The molecule has 3 nitrogen and oxygen atoms in total. The van der Waals surface area contributed by atoms with Gasteiger partial charge in [0.05, 0.1) is 6.07 Å². The summed E-state index contributed by atoms with van der Waals surface area (Å²) in [4.78, 5) is 10.2. The van der Waals surface area contributed by atoms with Gasteiger partial charge in [0.25, 0.3) is 0 Å². The Balaban J connectivity index is 0. The number of amides is 1. The number of carbonyl (C=O) groups excluding carboxylic acids is 1. The molecule has 0 heterocycles. The second kappa shape index (κ2) is 6.09. The van der Waals surface area contributed by atoms with Gasteiger partial charge in [0.15, 0.2) is 0 Å². The number of hydrogen-bond acceptors (Lipinski definition) is 2. The van der Waals surface area contributed by atoms with E-state index in [1.807, 2.05) is 0 Å². The van der Waals surface area contributed by atoms with Crippen LogP contribution in [0.1, 0.15) is 13.3 Å². The van der Waals surface area contributed by atoms with Gasteiger partial charge in [0.2, 0.25) is 5.91 Å². The Hall–Kier alpha value is -0.0400. The summed E-state index contributed by atoms with van der Waals surface area (Å²) >= 11 is 0. The predicted octanol–water partition coefficient (Wildman–Crippen LogP) is -0.627. The second-order valence-corrected chi connectivity index (χ2v) is 1.49. The predicted molar refractivity (Wildman–Crippen MR) is 35.7 cm³/mol. The van der Waals surface area contributed by atoms with Crippen LogP contribution in [0, 0.1) is 17.2 Å². The minimum absolute atomic E-state index is 0. The summed E-state index contributed by atoms with van der Waals surface area (Å²) in [5, 5.41) is 8.15. The first kappa shape index (κ1) is 11.7. The van der Waals surface area contributed by atoms with Crippen LogP contribution < -0.4 is 5.73 Å². The molecule has 0 aromatic heterocycles. The van der Waals surface area contributed by atoms with Crippen LogP contribution >= 0.6 is 0 Å². The van der Waals surface area contributed by atoms with Gasteiger partial charge in [-0.1, -0.05) is 6.92 Å². The molecule has 0 aromatic carbocycles. The van der Waals surface area contributed by atoms with Crippen molar-refractivity contribution in [2.75, 3.05) is 0 Å². The van der Waals surface area contributed by atoms with E-state index < -0.39 is 11.8 Å². The van der Waals surface area contributed by atoms with E-state index in [-0.39, 0.29) is 29.6 Å². The Morgan fingerprint density at radius 2 is 2.33 bits per heavy atom. The van der Waals surface area contributed by atoms with E-state index in [1.165, 1.54) is 0 Å². The van der Waals surface area contributed by atoms with Crippen molar-refractivity contribution in [3.63, 3.8) is 0 Å². The zero-order valence-corrected chi connectivity index (χ0v) is 4.72. The fourth-order valence-electron chi connectivity index (χ4n) is 0.356. The topological polar surface area (TPSA) is 66.9 Å². The van der Waals surface area contributed by atoms with Crippen molar-refractivity contribution < 1.29 is 4.79 Å². The number of nitriles is 1. The van der Waals surface area contributed by atoms with E-state index in [4.69, 9.17) is 11.0 Å². The van der Waals surface area contributed by atoms with Crippen LogP contribution in [-0.2, 0) is 4.79 Å². The molecule has 1 amide bonds. The van der Waals surface area contributed by atoms with Crippen LogP contribution in [-0.4, -0.2) is 35.5 Å². The van der Waals surface area contributed by atoms with Crippen molar-refractivity contribution in [2.24, 2.45) is 11.7 Å². The zero-order chi connectivity index (χ0) is 6.57. The van der Waals surface area contributed by atoms with Crippen LogP contribution in [0.2, 0.25) is 0 Å². The third-order valence-corrected chi connectivity index (χ3v) is 0.908. The van der Waals surface area contributed by atoms with E-state index in [1.54, 1.807) is 13.0 Å². The number of nitrogens with two attached hydrogens (primary N) is 1. The maximum atomic E-state index is 10.2. The SMILES string of the molecule is CCC(C#N)C(N)=O.[NaH]. The van der Waals surface area contributed by atoms with Gasteiger partial charge in [-0.25, -0.2) is 0 Å². The Labute approximate surface area is 76.5 Å². The number of nitrogens with zero attached hydrogens (tertiary/aromatic N) is 1. The van der Waals surface area contributed by atoms with Crippen LogP contribution in [0.3, 0.4) is 0 Å². The molecule has 0 aliphatic rings. The van der Waals surface area contributed by atoms with Crippen molar-refractivity contribution in [1.82, 2.24) is 0 Å². The first-order chi connectivity index (χ1) is 3.72. The van der Waals surface area contributed by atoms with Gasteiger partial charge in [-0.15, -0.1) is 0 Å². The molecule has 0 radical (unpaired) electrons. The second-order valence-electron chi connectivity index (χ2n) is 1.49. The molecule has 0 spiro atoms. The van der Waals surface area contributed by atoms with Crippen LogP contribution in [0.5, 0.6) is 0 Å². The van der Waals surface area contributed by atoms with Gasteiger partial charge in [0, 0.05) is 0 Å². The molecule has 1 atom stereocenters. The summed E-state index contributed by atoms with van der Waals surface area (Å²) in [5.74, 6) is -1.13. The van der Waals surface area contributed by atoms with Crippen molar-refractivity contribution in [2.45, 2.75) is 13.3 Å². The molecule has 0 aliphatic carbocycles. The molecule has 9 heavy (non-hydrogen) atoms. The minimum atomic E-state index is -0.602. The van der Waals surface area contributed by atoms with E-state index >= 15 is 0 Å². The first-order valence-corrected chi connectivity index (χ1v) is 2.41. The first-order valence-electron chi connectivity index (χ1n) is 2.41.